The molecule has 0 heterocycles. The van der Waals surface area contributed by atoms with Gasteiger partial charge in [-0.1, -0.05) is 238 Å². The number of allylic oxidation sites excluding steroid dienone is 2. The molecule has 6 heteroatoms. The number of ether oxygens (including phenoxy) is 1. The summed E-state index contributed by atoms with van der Waals surface area (Å²) in [6.07, 6.45) is 52.8. The van der Waals surface area contributed by atoms with Crippen molar-refractivity contribution >= 4 is 11.9 Å². The Kier molecular flexibility index (Phi) is 46.5. The molecule has 0 aliphatic heterocycles. The molecule has 0 saturated heterocycles. The standard InChI is InChI=1S/C53H103NO5/c1-4-7-10-13-16-19-21-23-24-25-26-27-29-31-34-37-40-43-46-53(58)59-49(44-41-38-35-33-30-28-22-20-17-14-11-8-5-2)47-52(57)54-50(48-55)51(56)45-42-39-36-32-18-15-12-9-6-3/h26-27,49-51,55-56H,4-25,28-48H2,1-3H3,(H,54,57)/b27-26+. The van der Waals surface area contributed by atoms with Crippen LogP contribution >= 0.6 is 0 Å². The van der Waals surface area contributed by atoms with Gasteiger partial charge < -0.3 is 20.3 Å². The van der Waals surface area contributed by atoms with Gasteiger partial charge in [-0.25, -0.2) is 0 Å². The molecular formula is C53H103NO5. The molecule has 0 aliphatic carbocycles. The lowest BCUT2D eigenvalue weighted by atomic mass is 10.0. The maximum absolute atomic E-state index is 13.2. The van der Waals surface area contributed by atoms with Crippen LogP contribution in [-0.4, -0.2) is 46.9 Å². The van der Waals surface area contributed by atoms with E-state index < -0.39 is 18.2 Å². The molecular weight excluding hydrogens is 731 g/mol. The molecule has 1 amide bonds. The number of nitrogens with one attached hydrogen (secondary N) is 1. The molecule has 0 radical (unpaired) electrons. The first kappa shape index (κ1) is 57.6. The highest BCUT2D eigenvalue weighted by atomic mass is 16.5. The smallest absolute Gasteiger partial charge is 0.306 e. The average Bonchev–Trinajstić information content (AvgIpc) is 3.23. The number of carbonyl (C=O) groups excluding carboxylic acids is 2. The molecule has 0 rings (SSSR count). The van der Waals surface area contributed by atoms with Gasteiger partial charge in [0.15, 0.2) is 0 Å². The Bertz CT molecular complexity index is 893. The van der Waals surface area contributed by atoms with Gasteiger partial charge in [0.1, 0.15) is 6.10 Å². The van der Waals surface area contributed by atoms with Crippen molar-refractivity contribution in [2.24, 2.45) is 0 Å². The number of amides is 1. The molecule has 0 fully saturated rings. The summed E-state index contributed by atoms with van der Waals surface area (Å²) in [5.41, 5.74) is 0. The first-order valence-corrected chi connectivity index (χ1v) is 26.4. The number of hydrogen-bond acceptors (Lipinski definition) is 5. The predicted molar refractivity (Wildman–Crippen MR) is 255 cm³/mol. The summed E-state index contributed by atoms with van der Waals surface area (Å²) in [5, 5.41) is 23.7. The highest BCUT2D eigenvalue weighted by Gasteiger charge is 2.24. The summed E-state index contributed by atoms with van der Waals surface area (Å²) in [6.45, 7) is 6.49. The third-order valence-corrected chi connectivity index (χ3v) is 12.3. The van der Waals surface area contributed by atoms with E-state index in [1.54, 1.807) is 0 Å². The van der Waals surface area contributed by atoms with Crippen molar-refractivity contribution in [2.75, 3.05) is 6.61 Å². The van der Waals surface area contributed by atoms with Gasteiger partial charge in [-0.15, -0.1) is 0 Å². The number of carbonyl (C=O) groups is 2. The first-order valence-electron chi connectivity index (χ1n) is 26.4. The monoisotopic (exact) mass is 834 g/mol. The summed E-state index contributed by atoms with van der Waals surface area (Å²) in [4.78, 5) is 26.1. The van der Waals surface area contributed by atoms with Crippen LogP contribution in [0.2, 0.25) is 0 Å². The van der Waals surface area contributed by atoms with Gasteiger partial charge in [0.05, 0.1) is 25.2 Å². The second-order valence-corrected chi connectivity index (χ2v) is 18.3. The topological polar surface area (TPSA) is 95.9 Å². The summed E-state index contributed by atoms with van der Waals surface area (Å²) >= 11 is 0. The summed E-state index contributed by atoms with van der Waals surface area (Å²) in [6, 6.07) is -0.695. The minimum Gasteiger partial charge on any atom is -0.462 e. The molecule has 59 heavy (non-hydrogen) atoms. The van der Waals surface area contributed by atoms with Gasteiger partial charge in [-0.2, -0.15) is 0 Å². The SMILES string of the molecule is CCCCCCCCCCC/C=C/CCCCCCCC(=O)OC(CCCCCCCCCCCCCCC)CC(=O)NC(CO)C(O)CCCCCCCCCCC. The van der Waals surface area contributed by atoms with Gasteiger partial charge in [-0.3, -0.25) is 9.59 Å². The molecule has 0 spiro atoms. The average molecular weight is 834 g/mol. The highest BCUT2D eigenvalue weighted by Crippen LogP contribution is 2.18. The molecule has 6 nitrogen and oxygen atoms in total. The molecule has 0 aromatic heterocycles. The molecule has 3 N–H and O–H groups in total. The summed E-state index contributed by atoms with van der Waals surface area (Å²) in [5.74, 6) is -0.467. The lowest BCUT2D eigenvalue weighted by molar-refractivity contribution is -0.151. The number of hydrogen-bond donors (Lipinski definition) is 3. The van der Waals surface area contributed by atoms with Crippen molar-refractivity contribution in [3.8, 4) is 0 Å². The van der Waals surface area contributed by atoms with Gasteiger partial charge in [0, 0.05) is 6.42 Å². The Balaban J connectivity index is 4.49. The van der Waals surface area contributed by atoms with Gasteiger partial charge in [0.2, 0.25) is 5.91 Å². The van der Waals surface area contributed by atoms with Crippen LogP contribution in [0, 0.1) is 0 Å². The van der Waals surface area contributed by atoms with E-state index in [0.717, 1.165) is 51.4 Å². The third-order valence-electron chi connectivity index (χ3n) is 12.3. The van der Waals surface area contributed by atoms with E-state index in [-0.39, 0.29) is 24.9 Å². The molecule has 0 saturated carbocycles. The van der Waals surface area contributed by atoms with Gasteiger partial charge >= 0.3 is 5.97 Å². The van der Waals surface area contributed by atoms with Crippen LogP contribution in [0.4, 0.5) is 0 Å². The fourth-order valence-electron chi connectivity index (χ4n) is 8.31. The second-order valence-electron chi connectivity index (χ2n) is 18.3. The van der Waals surface area contributed by atoms with E-state index >= 15 is 0 Å². The van der Waals surface area contributed by atoms with Crippen LogP contribution in [-0.2, 0) is 14.3 Å². The van der Waals surface area contributed by atoms with E-state index in [9.17, 15) is 19.8 Å². The Morgan fingerprint density at radius 3 is 1.20 bits per heavy atom. The maximum Gasteiger partial charge on any atom is 0.306 e. The Hall–Kier alpha value is -1.40. The van der Waals surface area contributed by atoms with E-state index in [0.29, 0.717) is 19.3 Å². The first-order chi connectivity index (χ1) is 29.0. The van der Waals surface area contributed by atoms with Gasteiger partial charge in [0.25, 0.3) is 0 Å². The fraction of sp³-hybridized carbons (Fsp3) is 0.925. The highest BCUT2D eigenvalue weighted by molar-refractivity contribution is 5.77. The number of aliphatic hydroxyl groups is 2. The predicted octanol–water partition coefficient (Wildman–Crippen LogP) is 15.7. The summed E-state index contributed by atoms with van der Waals surface area (Å²) < 4.78 is 5.94. The lowest BCUT2D eigenvalue weighted by Gasteiger charge is -2.24. The zero-order chi connectivity index (χ0) is 43.1. The molecule has 0 aromatic carbocycles. The normalized spacial score (nSPS) is 13.2. The van der Waals surface area contributed by atoms with E-state index in [4.69, 9.17) is 4.74 Å². The third kappa shape index (κ3) is 43.1. The molecule has 0 aliphatic rings. The van der Waals surface area contributed by atoms with E-state index in [1.807, 2.05) is 0 Å². The number of rotatable bonds is 48. The van der Waals surface area contributed by atoms with Crippen LogP contribution in [0.5, 0.6) is 0 Å². The van der Waals surface area contributed by atoms with Crippen LogP contribution in [0.1, 0.15) is 290 Å². The van der Waals surface area contributed by atoms with Crippen LogP contribution in [0.3, 0.4) is 0 Å². The Morgan fingerprint density at radius 1 is 0.475 bits per heavy atom. The maximum atomic E-state index is 13.2. The largest absolute Gasteiger partial charge is 0.462 e. The van der Waals surface area contributed by atoms with Crippen molar-refractivity contribution in [1.29, 1.82) is 0 Å². The quantitative estimate of drug-likeness (QED) is 0.0322. The molecule has 0 aromatic rings. The van der Waals surface area contributed by atoms with Crippen molar-refractivity contribution in [3.05, 3.63) is 12.2 Å². The Labute approximate surface area is 368 Å². The molecule has 350 valence electrons. The van der Waals surface area contributed by atoms with Crippen LogP contribution in [0.15, 0.2) is 12.2 Å². The lowest BCUT2D eigenvalue weighted by Crippen LogP contribution is -2.46. The van der Waals surface area contributed by atoms with Crippen molar-refractivity contribution < 1.29 is 24.5 Å². The fourth-order valence-corrected chi connectivity index (χ4v) is 8.31. The second kappa shape index (κ2) is 47.6. The number of aliphatic hydroxyl groups excluding tert-OH is 2. The zero-order valence-corrected chi connectivity index (χ0v) is 39.9. The van der Waals surface area contributed by atoms with Gasteiger partial charge in [-0.05, 0) is 51.4 Å². The van der Waals surface area contributed by atoms with E-state index in [1.165, 1.54) is 193 Å². The minimum atomic E-state index is -0.781. The zero-order valence-electron chi connectivity index (χ0n) is 39.9. The molecule has 0 bridgehead atoms. The summed E-state index contributed by atoms with van der Waals surface area (Å²) in [7, 11) is 0. The van der Waals surface area contributed by atoms with Crippen molar-refractivity contribution in [3.63, 3.8) is 0 Å². The van der Waals surface area contributed by atoms with Crippen LogP contribution < -0.4 is 5.32 Å². The van der Waals surface area contributed by atoms with Crippen molar-refractivity contribution in [1.82, 2.24) is 5.32 Å². The van der Waals surface area contributed by atoms with Crippen molar-refractivity contribution in [2.45, 2.75) is 309 Å². The minimum absolute atomic E-state index is 0.0812. The molecule has 3 atom stereocenters. The Morgan fingerprint density at radius 2 is 0.814 bits per heavy atom. The molecule has 3 unspecified atom stereocenters. The number of unbranched alkanes of at least 4 members (excludes halogenated alkanes) is 34. The van der Waals surface area contributed by atoms with Crippen LogP contribution in [0.25, 0.3) is 0 Å². The van der Waals surface area contributed by atoms with E-state index in [2.05, 4.69) is 38.2 Å². The number of esters is 1.